The summed E-state index contributed by atoms with van der Waals surface area (Å²) in [5.74, 6) is 1.55. The molecule has 1 N–H and O–H groups in total. The van der Waals surface area contributed by atoms with Crippen molar-refractivity contribution >= 4 is 11.4 Å². The Labute approximate surface area is 139 Å². The van der Waals surface area contributed by atoms with Crippen LogP contribution >= 0.6 is 0 Å². The van der Waals surface area contributed by atoms with Gasteiger partial charge in [0, 0.05) is 4.91 Å². The molecule has 122 valence electrons. The topological polar surface area (TPSA) is 81.5 Å². The van der Waals surface area contributed by atoms with E-state index in [1.54, 1.807) is 0 Å². The molecular weight excluding hydrogens is 304 g/mol. The zero-order chi connectivity index (χ0) is 16.5. The lowest BCUT2D eigenvalue weighted by Crippen LogP contribution is -2.49. The summed E-state index contributed by atoms with van der Waals surface area (Å²) in [6, 6.07) is 15.1. The van der Waals surface area contributed by atoms with E-state index in [9.17, 15) is 5.11 Å². The molecule has 1 aliphatic carbocycles. The van der Waals surface area contributed by atoms with Crippen molar-refractivity contribution in [2.45, 2.75) is 37.5 Å². The molecule has 1 heterocycles. The first kappa shape index (κ1) is 14.9. The highest BCUT2D eigenvalue weighted by Crippen LogP contribution is 2.49. The fourth-order valence-electron chi connectivity index (χ4n) is 3.70. The van der Waals surface area contributed by atoms with Crippen LogP contribution < -0.4 is 9.64 Å². The Bertz CT molecular complexity index is 758. The molecule has 6 heteroatoms. The van der Waals surface area contributed by atoms with Crippen molar-refractivity contribution in [3.05, 3.63) is 59.0 Å². The van der Waals surface area contributed by atoms with Gasteiger partial charge >= 0.3 is 0 Å². The zero-order valence-corrected chi connectivity index (χ0v) is 13.1. The van der Waals surface area contributed by atoms with Gasteiger partial charge in [0.15, 0.2) is 11.5 Å². The van der Waals surface area contributed by atoms with Gasteiger partial charge in [-0.25, -0.2) is 0 Å². The van der Waals surface area contributed by atoms with Gasteiger partial charge in [-0.3, -0.25) is 0 Å². The summed E-state index contributed by atoms with van der Waals surface area (Å²) in [6.45, 7) is 0. The average Bonchev–Trinajstić information content (AvgIpc) is 2.62. The average molecular weight is 322 g/mol. The molecule has 0 spiro atoms. The Kier molecular flexibility index (Phi) is 3.76. The van der Waals surface area contributed by atoms with Crippen molar-refractivity contribution in [2.75, 3.05) is 4.90 Å². The van der Waals surface area contributed by atoms with Crippen LogP contribution in [0.4, 0.5) is 11.4 Å². The number of nitrogens with zero attached hydrogens (tertiary/aromatic N) is 4. The van der Waals surface area contributed by atoms with Crippen LogP contribution in [0.5, 0.6) is 11.5 Å². The number of aliphatic hydroxyl groups excluding tert-OH is 1. The van der Waals surface area contributed by atoms with Crippen molar-refractivity contribution in [2.24, 2.45) is 5.11 Å². The van der Waals surface area contributed by atoms with Gasteiger partial charge in [0.25, 0.3) is 0 Å². The number of ether oxygens (including phenoxy) is 1. The number of hydrogen-bond donors (Lipinski definition) is 1. The molecule has 2 aliphatic rings. The van der Waals surface area contributed by atoms with E-state index >= 15 is 0 Å². The zero-order valence-electron chi connectivity index (χ0n) is 13.1. The predicted molar refractivity (Wildman–Crippen MR) is 91.7 cm³/mol. The molecule has 3 atom stereocenters. The Morgan fingerprint density at radius 3 is 2.29 bits per heavy atom. The van der Waals surface area contributed by atoms with Gasteiger partial charge in [-0.2, -0.15) is 0 Å². The summed E-state index contributed by atoms with van der Waals surface area (Å²) >= 11 is 0. The second-order valence-corrected chi connectivity index (χ2v) is 6.17. The number of rotatable bonds is 2. The lowest BCUT2D eigenvalue weighted by molar-refractivity contribution is 0.0874. The number of para-hydroxylation sites is 4. The number of hydrogen-bond acceptors (Lipinski definition) is 4. The Morgan fingerprint density at radius 1 is 1.04 bits per heavy atom. The lowest BCUT2D eigenvalue weighted by atomic mass is 9.86. The molecule has 2 aromatic carbocycles. The molecule has 0 amide bonds. The van der Waals surface area contributed by atoms with Crippen LogP contribution in [-0.2, 0) is 0 Å². The molecule has 6 nitrogen and oxygen atoms in total. The summed E-state index contributed by atoms with van der Waals surface area (Å²) in [4.78, 5) is 5.04. The number of aliphatic hydroxyl groups is 1. The van der Waals surface area contributed by atoms with Crippen molar-refractivity contribution in [1.29, 1.82) is 0 Å². The van der Waals surface area contributed by atoms with E-state index < -0.39 is 12.1 Å². The van der Waals surface area contributed by atoms with Gasteiger partial charge in [-0.15, -0.1) is 0 Å². The molecule has 0 aromatic heterocycles. The largest absolute Gasteiger partial charge is 0.453 e. The van der Waals surface area contributed by atoms with Gasteiger partial charge in [-0.05, 0) is 42.6 Å². The summed E-state index contributed by atoms with van der Waals surface area (Å²) < 4.78 is 6.00. The number of anilines is 2. The highest BCUT2D eigenvalue weighted by atomic mass is 16.5. The first-order chi connectivity index (χ1) is 11.8. The third-order valence-electron chi connectivity index (χ3n) is 4.79. The minimum Gasteiger partial charge on any atom is -0.453 e. The quantitative estimate of drug-likeness (QED) is 0.501. The van der Waals surface area contributed by atoms with Gasteiger partial charge < -0.3 is 14.7 Å². The molecule has 4 rings (SSSR count). The van der Waals surface area contributed by atoms with Crippen LogP contribution in [0.2, 0.25) is 0 Å². The van der Waals surface area contributed by atoms with Crippen molar-refractivity contribution in [1.82, 2.24) is 0 Å². The van der Waals surface area contributed by atoms with Crippen LogP contribution in [0.3, 0.4) is 0 Å². The van der Waals surface area contributed by atoms with Crippen LogP contribution in [0, 0.1) is 0 Å². The second kappa shape index (κ2) is 6.07. The Balaban J connectivity index is 1.81. The maximum atomic E-state index is 10.8. The molecular formula is C18H18N4O2. The Morgan fingerprint density at radius 2 is 1.67 bits per heavy atom. The molecule has 1 aliphatic heterocycles. The maximum Gasteiger partial charge on any atom is 0.151 e. The van der Waals surface area contributed by atoms with Crippen molar-refractivity contribution in [3.8, 4) is 11.5 Å². The van der Waals surface area contributed by atoms with Gasteiger partial charge in [0.05, 0.1) is 29.6 Å². The van der Waals surface area contributed by atoms with Crippen molar-refractivity contribution in [3.63, 3.8) is 0 Å². The highest BCUT2D eigenvalue weighted by Gasteiger charge is 2.39. The third kappa shape index (κ3) is 2.37. The minimum atomic E-state index is -0.714. The fraction of sp³-hybridized carbons (Fsp3) is 0.333. The summed E-state index contributed by atoms with van der Waals surface area (Å²) in [5.41, 5.74) is 10.6. The molecule has 1 saturated carbocycles. The van der Waals surface area contributed by atoms with E-state index in [4.69, 9.17) is 10.3 Å². The fourth-order valence-corrected chi connectivity index (χ4v) is 3.70. The van der Waals surface area contributed by atoms with Crippen LogP contribution in [-0.4, -0.2) is 23.3 Å². The molecule has 2 aromatic rings. The van der Waals surface area contributed by atoms with Crippen molar-refractivity contribution < 1.29 is 9.84 Å². The van der Waals surface area contributed by atoms with E-state index in [0.29, 0.717) is 0 Å². The van der Waals surface area contributed by atoms with E-state index in [0.717, 1.165) is 42.1 Å². The van der Waals surface area contributed by atoms with Crippen LogP contribution in [0.1, 0.15) is 19.3 Å². The van der Waals surface area contributed by atoms with Crippen LogP contribution in [0.25, 0.3) is 10.4 Å². The van der Waals surface area contributed by atoms with Gasteiger partial charge in [0.1, 0.15) is 0 Å². The lowest BCUT2D eigenvalue weighted by Gasteiger charge is -2.44. The normalized spacial score (nSPS) is 25.0. The predicted octanol–water partition coefficient (Wildman–Crippen LogP) is 4.52. The SMILES string of the molecule is [N-]=[N+]=NC1CCCC(N2c3ccccc3Oc3ccccc32)C1O. The minimum absolute atomic E-state index is 0.152. The standard InChI is InChI=1S/C18H18N4O2/c19-21-20-12-6-5-9-15(18(12)23)22-13-7-1-3-10-16(13)24-17-11-4-2-8-14(17)22/h1-4,7-8,10-12,15,18,23H,5-6,9H2. The van der Waals surface area contributed by atoms with E-state index in [-0.39, 0.29) is 6.04 Å². The second-order valence-electron chi connectivity index (χ2n) is 6.17. The molecule has 24 heavy (non-hydrogen) atoms. The number of azide groups is 1. The van der Waals surface area contributed by atoms with Gasteiger partial charge in [0.2, 0.25) is 0 Å². The maximum absolute atomic E-state index is 10.8. The summed E-state index contributed by atoms with van der Waals surface area (Å²) in [7, 11) is 0. The highest BCUT2D eigenvalue weighted by molar-refractivity contribution is 5.78. The smallest absolute Gasteiger partial charge is 0.151 e. The first-order valence-corrected chi connectivity index (χ1v) is 8.17. The molecule has 0 bridgehead atoms. The third-order valence-corrected chi connectivity index (χ3v) is 4.79. The molecule has 3 unspecified atom stereocenters. The van der Waals surface area contributed by atoms with E-state index in [2.05, 4.69) is 14.9 Å². The number of benzene rings is 2. The Hall–Kier alpha value is -2.69. The molecule has 1 fully saturated rings. The number of fused-ring (bicyclic) bond motifs is 2. The van der Waals surface area contributed by atoms with E-state index in [1.807, 2.05) is 48.5 Å². The van der Waals surface area contributed by atoms with Gasteiger partial charge in [-0.1, -0.05) is 35.8 Å². The van der Waals surface area contributed by atoms with Crippen LogP contribution in [0.15, 0.2) is 53.6 Å². The monoisotopic (exact) mass is 322 g/mol. The summed E-state index contributed by atoms with van der Waals surface area (Å²) in [5, 5.41) is 14.6. The first-order valence-electron chi connectivity index (χ1n) is 8.17. The molecule has 0 saturated heterocycles. The van der Waals surface area contributed by atoms with E-state index in [1.165, 1.54) is 0 Å². The summed E-state index contributed by atoms with van der Waals surface area (Å²) in [6.07, 6.45) is 1.75. The molecule has 0 radical (unpaired) electrons.